The summed E-state index contributed by atoms with van der Waals surface area (Å²) in [5.41, 5.74) is 2.13. The van der Waals surface area contributed by atoms with E-state index in [-0.39, 0.29) is 11.8 Å². The zero-order valence-electron chi connectivity index (χ0n) is 7.93. The van der Waals surface area contributed by atoms with Gasteiger partial charge in [0.1, 0.15) is 5.88 Å². The molecule has 1 aliphatic rings. The predicted molar refractivity (Wildman–Crippen MR) is 54.5 cm³/mol. The third-order valence-corrected chi connectivity index (χ3v) is 2.41. The van der Waals surface area contributed by atoms with Crippen LogP contribution in [0, 0.1) is 5.92 Å². The minimum absolute atomic E-state index is 0.0210. The normalized spacial score (nSPS) is 21.9. The van der Waals surface area contributed by atoms with Crippen LogP contribution in [0.5, 0.6) is 0 Å². The lowest BCUT2D eigenvalue weighted by atomic mass is 9.94. The summed E-state index contributed by atoms with van der Waals surface area (Å²) in [5, 5.41) is 2.83. The molecule has 0 bridgehead atoms. The standard InChI is InChI=1S/C10H14ClNO/c1-7-4-3-5-8(2)10(7)12-9(13)6-11/h3-4,8H,5-6H2,1-2H3,(H,12,13). The van der Waals surface area contributed by atoms with E-state index < -0.39 is 0 Å². The van der Waals surface area contributed by atoms with Gasteiger partial charge in [-0.05, 0) is 24.8 Å². The third-order valence-electron chi connectivity index (χ3n) is 2.17. The molecule has 0 aliphatic heterocycles. The number of hydrogen-bond acceptors (Lipinski definition) is 1. The molecule has 2 nitrogen and oxygen atoms in total. The molecule has 3 heteroatoms. The van der Waals surface area contributed by atoms with Crippen molar-refractivity contribution in [2.24, 2.45) is 5.92 Å². The highest BCUT2D eigenvalue weighted by molar-refractivity contribution is 6.27. The summed E-state index contributed by atoms with van der Waals surface area (Å²) in [7, 11) is 0. The van der Waals surface area contributed by atoms with Crippen LogP contribution in [0.2, 0.25) is 0 Å². The van der Waals surface area contributed by atoms with Crippen LogP contribution in [-0.2, 0) is 4.79 Å². The highest BCUT2D eigenvalue weighted by atomic mass is 35.5. The molecular formula is C10H14ClNO. The SMILES string of the molecule is CC1=C(NC(=O)CCl)C(C)CC=C1. The second-order valence-corrected chi connectivity index (χ2v) is 3.58. The number of nitrogens with one attached hydrogen (secondary N) is 1. The van der Waals surface area contributed by atoms with Gasteiger partial charge < -0.3 is 5.32 Å². The molecule has 0 radical (unpaired) electrons. The molecule has 1 amide bonds. The van der Waals surface area contributed by atoms with Crippen molar-refractivity contribution in [3.8, 4) is 0 Å². The third kappa shape index (κ3) is 2.59. The summed E-state index contributed by atoms with van der Waals surface area (Å²) in [6, 6.07) is 0. The van der Waals surface area contributed by atoms with Gasteiger partial charge in [-0.2, -0.15) is 0 Å². The molecule has 72 valence electrons. The van der Waals surface area contributed by atoms with E-state index >= 15 is 0 Å². The molecular weight excluding hydrogens is 186 g/mol. The summed E-state index contributed by atoms with van der Waals surface area (Å²) in [6.45, 7) is 4.09. The fourth-order valence-corrected chi connectivity index (χ4v) is 1.52. The maximum Gasteiger partial charge on any atom is 0.239 e. The minimum atomic E-state index is -0.127. The Balaban J connectivity index is 2.74. The quantitative estimate of drug-likeness (QED) is 0.679. The Hall–Kier alpha value is -0.760. The average Bonchev–Trinajstić information content (AvgIpc) is 2.11. The van der Waals surface area contributed by atoms with Crippen molar-refractivity contribution in [2.75, 3.05) is 5.88 Å². The van der Waals surface area contributed by atoms with Crippen LogP contribution >= 0.6 is 11.6 Å². The lowest BCUT2D eigenvalue weighted by molar-refractivity contribution is -0.118. The number of hydrogen-bond donors (Lipinski definition) is 1. The van der Waals surface area contributed by atoms with Gasteiger partial charge in [-0.15, -0.1) is 11.6 Å². The molecule has 1 aliphatic carbocycles. The molecule has 0 fully saturated rings. The Morgan fingerprint density at radius 3 is 3.00 bits per heavy atom. The molecule has 13 heavy (non-hydrogen) atoms. The second kappa shape index (κ2) is 4.47. The molecule has 0 aromatic heterocycles. The molecule has 0 heterocycles. The van der Waals surface area contributed by atoms with Crippen LogP contribution in [0.25, 0.3) is 0 Å². The van der Waals surface area contributed by atoms with Gasteiger partial charge in [0.25, 0.3) is 0 Å². The number of rotatable bonds is 2. The first-order valence-corrected chi connectivity index (χ1v) is 4.91. The average molecular weight is 200 g/mol. The number of allylic oxidation sites excluding steroid dienone is 4. The van der Waals surface area contributed by atoms with Crippen LogP contribution in [0.15, 0.2) is 23.4 Å². The number of alkyl halides is 1. The van der Waals surface area contributed by atoms with Crippen molar-refractivity contribution in [1.82, 2.24) is 5.32 Å². The van der Waals surface area contributed by atoms with E-state index in [1.807, 2.05) is 13.0 Å². The lowest BCUT2D eigenvalue weighted by Crippen LogP contribution is -2.28. The molecule has 1 rings (SSSR count). The summed E-state index contributed by atoms with van der Waals surface area (Å²) in [6.07, 6.45) is 5.13. The number of carbonyl (C=O) groups excluding carboxylic acids is 1. The van der Waals surface area contributed by atoms with E-state index in [4.69, 9.17) is 11.6 Å². The molecule has 0 saturated carbocycles. The van der Waals surface area contributed by atoms with E-state index in [0.29, 0.717) is 5.92 Å². The topological polar surface area (TPSA) is 29.1 Å². The van der Waals surface area contributed by atoms with Gasteiger partial charge in [-0.1, -0.05) is 19.1 Å². The first kappa shape index (κ1) is 10.3. The van der Waals surface area contributed by atoms with Crippen molar-refractivity contribution in [3.63, 3.8) is 0 Å². The van der Waals surface area contributed by atoms with Gasteiger partial charge in [0.2, 0.25) is 5.91 Å². The largest absolute Gasteiger partial charge is 0.328 e. The minimum Gasteiger partial charge on any atom is -0.328 e. The van der Waals surface area contributed by atoms with Crippen molar-refractivity contribution < 1.29 is 4.79 Å². The van der Waals surface area contributed by atoms with E-state index in [2.05, 4.69) is 18.3 Å². The van der Waals surface area contributed by atoms with Gasteiger partial charge in [0.15, 0.2) is 0 Å². The summed E-state index contributed by atoms with van der Waals surface area (Å²) in [4.78, 5) is 11.1. The smallest absolute Gasteiger partial charge is 0.239 e. The van der Waals surface area contributed by atoms with Gasteiger partial charge in [0, 0.05) is 5.70 Å². The summed E-state index contributed by atoms with van der Waals surface area (Å²) >= 11 is 5.41. The number of amides is 1. The Labute approximate surface area is 83.7 Å². The summed E-state index contributed by atoms with van der Waals surface area (Å²) in [5.74, 6) is 0.281. The van der Waals surface area contributed by atoms with Crippen LogP contribution in [0.1, 0.15) is 20.3 Å². The maximum absolute atomic E-state index is 11.1. The molecule has 0 aromatic rings. The highest BCUT2D eigenvalue weighted by Gasteiger charge is 2.15. The summed E-state index contributed by atoms with van der Waals surface area (Å²) < 4.78 is 0. The van der Waals surface area contributed by atoms with Crippen LogP contribution < -0.4 is 5.32 Å². The fourth-order valence-electron chi connectivity index (χ4n) is 1.45. The second-order valence-electron chi connectivity index (χ2n) is 3.32. The molecule has 1 atom stereocenters. The van der Waals surface area contributed by atoms with E-state index in [1.165, 1.54) is 0 Å². The lowest BCUT2D eigenvalue weighted by Gasteiger charge is -2.20. The maximum atomic E-state index is 11.1. The number of halogens is 1. The monoisotopic (exact) mass is 199 g/mol. The molecule has 0 spiro atoms. The Morgan fingerprint density at radius 2 is 2.46 bits per heavy atom. The zero-order valence-corrected chi connectivity index (χ0v) is 8.69. The van der Waals surface area contributed by atoms with Crippen LogP contribution in [-0.4, -0.2) is 11.8 Å². The van der Waals surface area contributed by atoms with Crippen molar-refractivity contribution in [2.45, 2.75) is 20.3 Å². The predicted octanol–water partition coefficient (Wildman–Crippen LogP) is 2.21. The highest BCUT2D eigenvalue weighted by Crippen LogP contribution is 2.22. The van der Waals surface area contributed by atoms with Gasteiger partial charge >= 0.3 is 0 Å². The van der Waals surface area contributed by atoms with Crippen LogP contribution in [0.3, 0.4) is 0 Å². The fraction of sp³-hybridized carbons (Fsp3) is 0.500. The van der Waals surface area contributed by atoms with Gasteiger partial charge in [-0.3, -0.25) is 4.79 Å². The zero-order chi connectivity index (χ0) is 9.84. The Bertz CT molecular complexity index is 268. The van der Waals surface area contributed by atoms with E-state index in [0.717, 1.165) is 17.7 Å². The van der Waals surface area contributed by atoms with Crippen molar-refractivity contribution in [1.29, 1.82) is 0 Å². The van der Waals surface area contributed by atoms with Crippen LogP contribution in [0.4, 0.5) is 0 Å². The molecule has 1 unspecified atom stereocenters. The molecule has 1 N–H and O–H groups in total. The van der Waals surface area contributed by atoms with Crippen molar-refractivity contribution >= 4 is 17.5 Å². The van der Waals surface area contributed by atoms with E-state index in [9.17, 15) is 4.79 Å². The Kier molecular flexibility index (Phi) is 3.55. The first-order chi connectivity index (χ1) is 6.15. The van der Waals surface area contributed by atoms with Crippen molar-refractivity contribution in [3.05, 3.63) is 23.4 Å². The molecule has 0 saturated heterocycles. The number of carbonyl (C=O) groups is 1. The van der Waals surface area contributed by atoms with E-state index in [1.54, 1.807) is 0 Å². The van der Waals surface area contributed by atoms with Gasteiger partial charge in [-0.25, -0.2) is 0 Å². The van der Waals surface area contributed by atoms with Gasteiger partial charge in [0.05, 0.1) is 0 Å². The Morgan fingerprint density at radius 1 is 1.77 bits per heavy atom. The molecule has 0 aromatic carbocycles. The first-order valence-electron chi connectivity index (χ1n) is 4.38.